The predicted molar refractivity (Wildman–Crippen MR) is 92.1 cm³/mol. The Bertz CT molecular complexity index is 379. The molecule has 0 saturated carbocycles. The van der Waals surface area contributed by atoms with Gasteiger partial charge in [0.2, 0.25) is 0 Å². The molecule has 1 N–H and O–H groups in total. The second-order valence-electron chi connectivity index (χ2n) is 5.85. The van der Waals surface area contributed by atoms with Crippen molar-refractivity contribution in [1.82, 2.24) is 10.3 Å². The third kappa shape index (κ3) is 5.24. The van der Waals surface area contributed by atoms with Crippen molar-refractivity contribution in [3.8, 4) is 0 Å². The number of methoxy groups -OCH3 is 1. The molecule has 0 aromatic carbocycles. The highest BCUT2D eigenvalue weighted by Gasteiger charge is 2.22. The van der Waals surface area contributed by atoms with Crippen LogP contribution in [-0.4, -0.2) is 31.7 Å². The van der Waals surface area contributed by atoms with Crippen LogP contribution in [0.5, 0.6) is 0 Å². The number of ether oxygens (including phenoxy) is 1. The average molecular weight is 314 g/mol. The Morgan fingerprint density at radius 2 is 1.95 bits per heavy atom. The third-order valence-electron chi connectivity index (χ3n) is 3.58. The minimum Gasteiger partial charge on any atom is -0.378 e. The summed E-state index contributed by atoms with van der Waals surface area (Å²) in [7, 11) is 3.71. The van der Waals surface area contributed by atoms with Gasteiger partial charge in [0, 0.05) is 31.1 Å². The van der Waals surface area contributed by atoms with Gasteiger partial charge in [-0.3, -0.25) is 0 Å². The Morgan fingerprint density at radius 1 is 1.29 bits per heavy atom. The number of hydrogen-bond donors (Lipinski definition) is 1. The third-order valence-corrected chi connectivity index (χ3v) is 4.71. The number of nitrogens with zero attached hydrogens (tertiary/aromatic N) is 2. The molecule has 5 heteroatoms. The van der Waals surface area contributed by atoms with Gasteiger partial charge in [0.1, 0.15) is 0 Å². The van der Waals surface area contributed by atoms with Crippen molar-refractivity contribution in [2.24, 2.45) is 5.92 Å². The average Bonchev–Trinajstić information content (AvgIpc) is 2.82. The summed E-state index contributed by atoms with van der Waals surface area (Å²) in [5.41, 5.74) is 1.08. The van der Waals surface area contributed by atoms with Crippen molar-refractivity contribution in [3.05, 3.63) is 10.6 Å². The summed E-state index contributed by atoms with van der Waals surface area (Å²) in [6.07, 6.45) is 2.31. The molecule has 0 amide bonds. The Labute approximate surface area is 133 Å². The fourth-order valence-corrected chi connectivity index (χ4v) is 3.70. The van der Waals surface area contributed by atoms with Gasteiger partial charge in [-0.1, -0.05) is 27.7 Å². The van der Waals surface area contributed by atoms with Crippen LogP contribution in [0.2, 0.25) is 0 Å². The van der Waals surface area contributed by atoms with Crippen LogP contribution in [0.15, 0.2) is 0 Å². The molecule has 0 fully saturated rings. The summed E-state index contributed by atoms with van der Waals surface area (Å²) in [4.78, 5) is 8.65. The van der Waals surface area contributed by atoms with Gasteiger partial charge in [-0.2, -0.15) is 0 Å². The first-order valence-electron chi connectivity index (χ1n) is 7.95. The first kappa shape index (κ1) is 18.4. The largest absolute Gasteiger partial charge is 0.378 e. The van der Waals surface area contributed by atoms with Gasteiger partial charge in [-0.15, -0.1) is 11.3 Å². The number of hydrogen-bond acceptors (Lipinski definition) is 5. The van der Waals surface area contributed by atoms with Crippen LogP contribution in [-0.2, 0) is 17.9 Å². The zero-order valence-corrected chi connectivity index (χ0v) is 15.2. The number of nitrogens with one attached hydrogen (secondary N) is 1. The summed E-state index contributed by atoms with van der Waals surface area (Å²) in [6, 6.07) is 0.566. The number of rotatable bonds is 10. The molecule has 0 saturated heterocycles. The Balaban J connectivity index is 3.07. The maximum atomic E-state index is 5.30. The molecule has 0 spiro atoms. The van der Waals surface area contributed by atoms with Crippen LogP contribution in [0.4, 0.5) is 5.13 Å². The highest BCUT2D eigenvalue weighted by Crippen LogP contribution is 2.30. The lowest BCUT2D eigenvalue weighted by molar-refractivity contribution is 0.181. The van der Waals surface area contributed by atoms with Gasteiger partial charge in [-0.25, -0.2) is 4.98 Å². The molecule has 0 aliphatic rings. The van der Waals surface area contributed by atoms with Crippen LogP contribution >= 0.6 is 11.3 Å². The van der Waals surface area contributed by atoms with E-state index in [1.807, 2.05) is 7.05 Å². The molecule has 1 aromatic rings. The van der Waals surface area contributed by atoms with Crippen LogP contribution in [0.25, 0.3) is 0 Å². The monoisotopic (exact) mass is 313 g/mol. The molecule has 0 aliphatic carbocycles. The quantitative estimate of drug-likeness (QED) is 0.715. The zero-order valence-electron chi connectivity index (χ0n) is 14.4. The highest BCUT2D eigenvalue weighted by molar-refractivity contribution is 7.15. The molecule has 1 aromatic heterocycles. The second-order valence-corrected chi connectivity index (χ2v) is 6.91. The molecule has 1 heterocycles. The van der Waals surface area contributed by atoms with E-state index in [0.717, 1.165) is 36.8 Å². The Hall–Kier alpha value is -0.650. The SMILES string of the molecule is CCC(CC)N(CC(C)C)c1nc(COC)c(CNC)s1. The first-order chi connectivity index (χ1) is 10.1. The van der Waals surface area contributed by atoms with Gasteiger partial charge in [0.15, 0.2) is 5.13 Å². The van der Waals surface area contributed by atoms with Gasteiger partial charge in [-0.05, 0) is 25.8 Å². The summed E-state index contributed by atoms with van der Waals surface area (Å²) in [5.74, 6) is 0.633. The minimum absolute atomic E-state index is 0.566. The molecule has 122 valence electrons. The Morgan fingerprint density at radius 3 is 2.43 bits per heavy atom. The Kier molecular flexibility index (Phi) is 8.22. The molecule has 0 bridgehead atoms. The molecule has 21 heavy (non-hydrogen) atoms. The van der Waals surface area contributed by atoms with Crippen molar-refractivity contribution in [2.45, 2.75) is 59.7 Å². The van der Waals surface area contributed by atoms with E-state index in [2.05, 4.69) is 37.9 Å². The second kappa shape index (κ2) is 9.38. The fraction of sp³-hybridized carbons (Fsp3) is 0.812. The standard InChI is InChI=1S/C16H31N3OS/c1-7-13(8-2)19(10-12(3)4)16-18-14(11-20-6)15(21-16)9-17-5/h12-13,17H,7-11H2,1-6H3. The normalized spacial score (nSPS) is 11.6. The number of thiazole rings is 1. The van der Waals surface area contributed by atoms with E-state index in [-0.39, 0.29) is 0 Å². The van der Waals surface area contributed by atoms with Crippen molar-refractivity contribution >= 4 is 16.5 Å². The molecule has 0 atom stereocenters. The summed E-state index contributed by atoms with van der Waals surface area (Å²) >= 11 is 1.81. The first-order valence-corrected chi connectivity index (χ1v) is 8.77. The maximum absolute atomic E-state index is 5.30. The van der Waals surface area contributed by atoms with Gasteiger partial charge in [0.05, 0.1) is 12.3 Å². The van der Waals surface area contributed by atoms with Crippen LogP contribution in [0, 0.1) is 5.92 Å². The van der Waals surface area contributed by atoms with E-state index in [4.69, 9.17) is 9.72 Å². The van der Waals surface area contributed by atoms with E-state index in [9.17, 15) is 0 Å². The predicted octanol–water partition coefficient (Wildman–Crippen LogP) is 3.66. The molecule has 0 aliphatic heterocycles. The summed E-state index contributed by atoms with van der Waals surface area (Å²) in [6.45, 7) is 11.6. The number of anilines is 1. The molecule has 0 radical (unpaired) electrons. The molecular weight excluding hydrogens is 282 g/mol. The fourth-order valence-electron chi connectivity index (χ4n) is 2.55. The topological polar surface area (TPSA) is 37.4 Å². The lowest BCUT2D eigenvalue weighted by Gasteiger charge is -2.31. The van der Waals surface area contributed by atoms with Gasteiger partial charge < -0.3 is 15.0 Å². The van der Waals surface area contributed by atoms with E-state index in [1.54, 1.807) is 18.4 Å². The van der Waals surface area contributed by atoms with Crippen molar-refractivity contribution in [1.29, 1.82) is 0 Å². The lowest BCUT2D eigenvalue weighted by atomic mass is 10.1. The van der Waals surface area contributed by atoms with E-state index in [0.29, 0.717) is 18.6 Å². The van der Waals surface area contributed by atoms with Crippen molar-refractivity contribution in [3.63, 3.8) is 0 Å². The van der Waals surface area contributed by atoms with Crippen molar-refractivity contribution in [2.75, 3.05) is 25.6 Å². The summed E-state index contributed by atoms with van der Waals surface area (Å²) in [5, 5.41) is 4.38. The van der Waals surface area contributed by atoms with Crippen LogP contribution in [0.3, 0.4) is 0 Å². The van der Waals surface area contributed by atoms with E-state index < -0.39 is 0 Å². The van der Waals surface area contributed by atoms with Crippen LogP contribution < -0.4 is 10.2 Å². The van der Waals surface area contributed by atoms with E-state index in [1.165, 1.54) is 4.88 Å². The summed E-state index contributed by atoms with van der Waals surface area (Å²) < 4.78 is 5.30. The smallest absolute Gasteiger partial charge is 0.186 e. The maximum Gasteiger partial charge on any atom is 0.186 e. The highest BCUT2D eigenvalue weighted by atomic mass is 32.1. The van der Waals surface area contributed by atoms with E-state index >= 15 is 0 Å². The van der Waals surface area contributed by atoms with Gasteiger partial charge in [0.25, 0.3) is 0 Å². The minimum atomic E-state index is 0.566. The molecule has 0 unspecified atom stereocenters. The number of aromatic nitrogens is 1. The zero-order chi connectivity index (χ0) is 15.8. The van der Waals surface area contributed by atoms with Crippen molar-refractivity contribution < 1.29 is 4.74 Å². The molecule has 1 rings (SSSR count). The van der Waals surface area contributed by atoms with Crippen LogP contribution in [0.1, 0.15) is 51.1 Å². The molecular formula is C16H31N3OS. The lowest BCUT2D eigenvalue weighted by Crippen LogP contribution is -2.37. The molecule has 4 nitrogen and oxygen atoms in total. The van der Waals surface area contributed by atoms with Gasteiger partial charge >= 0.3 is 0 Å².